The Morgan fingerprint density at radius 1 is 1.10 bits per heavy atom. The number of amides is 1. The van der Waals surface area contributed by atoms with Crippen LogP contribution < -0.4 is 5.73 Å². The number of rotatable bonds is 3. The number of nitrogens with zero attached hydrogens (tertiary/aromatic N) is 1. The maximum Gasteiger partial charge on any atom is 0.230 e. The molecule has 0 atom stereocenters. The highest BCUT2D eigenvalue weighted by Gasteiger charge is 2.41. The van der Waals surface area contributed by atoms with Gasteiger partial charge in [-0.25, -0.2) is 0 Å². The maximum atomic E-state index is 13.0. The molecule has 0 spiro atoms. The molecule has 1 amide bonds. The number of carbonyl (C=O) groups is 1. The molecule has 3 heteroatoms. The first-order valence-electron chi connectivity index (χ1n) is 8.56. The molecule has 2 N–H and O–H groups in total. The summed E-state index contributed by atoms with van der Waals surface area (Å²) < 4.78 is 0. The van der Waals surface area contributed by atoms with Crippen LogP contribution in [0.3, 0.4) is 0 Å². The zero-order valence-corrected chi connectivity index (χ0v) is 13.4. The summed E-state index contributed by atoms with van der Waals surface area (Å²) in [7, 11) is 2.02. The first kappa shape index (κ1) is 15.8. The normalized spacial score (nSPS) is 30.6. The standard InChI is InChI=1S/C17H32N2O/c1-14-7-9-15(10-8-14)19(2)16(20)17(13-18)11-5-3-4-6-12-17/h14-15H,3-13,18H2,1-2H3. The van der Waals surface area contributed by atoms with Crippen molar-refractivity contribution in [3.05, 3.63) is 0 Å². The fraction of sp³-hybridized carbons (Fsp3) is 0.941. The van der Waals surface area contributed by atoms with Crippen LogP contribution in [0.25, 0.3) is 0 Å². The van der Waals surface area contributed by atoms with Crippen molar-refractivity contribution in [3.63, 3.8) is 0 Å². The second kappa shape index (κ2) is 6.93. The molecular formula is C17H32N2O. The van der Waals surface area contributed by atoms with E-state index >= 15 is 0 Å². The van der Waals surface area contributed by atoms with Crippen LogP contribution in [0, 0.1) is 11.3 Å². The van der Waals surface area contributed by atoms with Crippen LogP contribution in [0.2, 0.25) is 0 Å². The second-order valence-electron chi connectivity index (χ2n) is 7.23. The quantitative estimate of drug-likeness (QED) is 0.806. The Hall–Kier alpha value is -0.570. The van der Waals surface area contributed by atoms with Gasteiger partial charge in [0.05, 0.1) is 5.41 Å². The highest BCUT2D eigenvalue weighted by Crippen LogP contribution is 2.37. The SMILES string of the molecule is CC1CCC(N(C)C(=O)C2(CN)CCCCCC2)CC1. The van der Waals surface area contributed by atoms with Crippen molar-refractivity contribution in [1.82, 2.24) is 4.90 Å². The highest BCUT2D eigenvalue weighted by molar-refractivity contribution is 5.83. The summed E-state index contributed by atoms with van der Waals surface area (Å²) in [5.41, 5.74) is 5.79. The summed E-state index contributed by atoms with van der Waals surface area (Å²) in [5.74, 6) is 1.16. The fourth-order valence-corrected chi connectivity index (χ4v) is 4.08. The van der Waals surface area contributed by atoms with Crippen molar-refractivity contribution in [3.8, 4) is 0 Å². The molecule has 0 saturated heterocycles. The van der Waals surface area contributed by atoms with Gasteiger partial charge < -0.3 is 10.6 Å². The summed E-state index contributed by atoms with van der Waals surface area (Å²) in [5, 5.41) is 0. The molecular weight excluding hydrogens is 248 g/mol. The van der Waals surface area contributed by atoms with Gasteiger partial charge in [-0.05, 0) is 44.4 Å². The Balaban J connectivity index is 2.03. The lowest BCUT2D eigenvalue weighted by atomic mass is 9.78. The monoisotopic (exact) mass is 280 g/mol. The first-order chi connectivity index (χ1) is 9.59. The molecule has 2 aliphatic rings. The van der Waals surface area contributed by atoms with Gasteiger partial charge in [0.25, 0.3) is 0 Å². The lowest BCUT2D eigenvalue weighted by Crippen LogP contribution is -2.50. The Morgan fingerprint density at radius 2 is 1.65 bits per heavy atom. The number of nitrogens with two attached hydrogens (primary N) is 1. The van der Waals surface area contributed by atoms with Crippen molar-refractivity contribution in [1.29, 1.82) is 0 Å². The minimum absolute atomic E-state index is 0.256. The predicted molar refractivity (Wildman–Crippen MR) is 83.4 cm³/mol. The largest absolute Gasteiger partial charge is 0.342 e. The summed E-state index contributed by atoms with van der Waals surface area (Å²) in [4.78, 5) is 15.1. The molecule has 20 heavy (non-hydrogen) atoms. The van der Waals surface area contributed by atoms with Gasteiger partial charge in [0, 0.05) is 19.6 Å². The van der Waals surface area contributed by atoms with Crippen molar-refractivity contribution >= 4 is 5.91 Å². The van der Waals surface area contributed by atoms with Crippen LogP contribution in [-0.2, 0) is 4.79 Å². The zero-order chi connectivity index (χ0) is 14.6. The van der Waals surface area contributed by atoms with Gasteiger partial charge in [0.2, 0.25) is 5.91 Å². The minimum atomic E-state index is -0.256. The molecule has 0 aromatic rings. The minimum Gasteiger partial charge on any atom is -0.342 e. The van der Waals surface area contributed by atoms with Crippen molar-refractivity contribution in [2.24, 2.45) is 17.1 Å². The van der Waals surface area contributed by atoms with E-state index in [9.17, 15) is 4.79 Å². The molecule has 0 unspecified atom stereocenters. The van der Waals surface area contributed by atoms with E-state index in [2.05, 4.69) is 11.8 Å². The molecule has 2 saturated carbocycles. The van der Waals surface area contributed by atoms with Gasteiger partial charge >= 0.3 is 0 Å². The van der Waals surface area contributed by atoms with Gasteiger partial charge in [-0.2, -0.15) is 0 Å². The Bertz CT molecular complexity index is 313. The van der Waals surface area contributed by atoms with Gasteiger partial charge in [0.1, 0.15) is 0 Å². The summed E-state index contributed by atoms with van der Waals surface area (Å²) in [6, 6.07) is 0.449. The molecule has 2 fully saturated rings. The van der Waals surface area contributed by atoms with E-state index in [1.807, 2.05) is 7.05 Å². The third-order valence-electron chi connectivity index (χ3n) is 5.76. The lowest BCUT2D eigenvalue weighted by Gasteiger charge is -2.40. The molecule has 0 heterocycles. The third-order valence-corrected chi connectivity index (χ3v) is 5.76. The second-order valence-corrected chi connectivity index (χ2v) is 7.23. The van der Waals surface area contributed by atoms with Crippen molar-refractivity contribution in [2.75, 3.05) is 13.6 Å². The van der Waals surface area contributed by atoms with Crippen LogP contribution >= 0.6 is 0 Å². The Morgan fingerprint density at radius 3 is 2.15 bits per heavy atom. The van der Waals surface area contributed by atoms with E-state index in [-0.39, 0.29) is 5.41 Å². The molecule has 2 rings (SSSR count). The zero-order valence-electron chi connectivity index (χ0n) is 13.4. The smallest absolute Gasteiger partial charge is 0.230 e. The van der Waals surface area contributed by atoms with Crippen molar-refractivity contribution < 1.29 is 4.79 Å². The number of hydrogen-bond donors (Lipinski definition) is 1. The Labute approximate surface area is 124 Å². The lowest BCUT2D eigenvalue weighted by molar-refractivity contribution is -0.144. The van der Waals surface area contributed by atoms with Crippen LogP contribution in [0.1, 0.15) is 71.1 Å². The van der Waals surface area contributed by atoms with Crippen LogP contribution in [0.4, 0.5) is 0 Å². The van der Waals surface area contributed by atoms with Crippen LogP contribution in [-0.4, -0.2) is 30.4 Å². The van der Waals surface area contributed by atoms with Gasteiger partial charge in [0.15, 0.2) is 0 Å². The molecule has 0 aromatic carbocycles. The molecule has 116 valence electrons. The van der Waals surface area contributed by atoms with E-state index in [1.54, 1.807) is 0 Å². The topological polar surface area (TPSA) is 46.3 Å². The van der Waals surface area contributed by atoms with Crippen LogP contribution in [0.5, 0.6) is 0 Å². The fourth-order valence-electron chi connectivity index (χ4n) is 4.08. The maximum absolute atomic E-state index is 13.0. The van der Waals surface area contributed by atoms with E-state index < -0.39 is 0 Å². The summed E-state index contributed by atoms with van der Waals surface area (Å²) in [6.07, 6.45) is 11.7. The number of hydrogen-bond acceptors (Lipinski definition) is 2. The van der Waals surface area contributed by atoms with E-state index in [4.69, 9.17) is 5.73 Å². The van der Waals surface area contributed by atoms with Gasteiger partial charge in [-0.3, -0.25) is 4.79 Å². The molecule has 0 radical (unpaired) electrons. The van der Waals surface area contributed by atoms with Gasteiger partial charge in [-0.15, -0.1) is 0 Å². The molecule has 0 bridgehead atoms. The molecule has 0 aromatic heterocycles. The third kappa shape index (κ3) is 3.36. The van der Waals surface area contributed by atoms with Crippen molar-refractivity contribution in [2.45, 2.75) is 77.2 Å². The molecule has 2 aliphatic carbocycles. The van der Waals surface area contributed by atoms with Gasteiger partial charge in [-0.1, -0.05) is 32.6 Å². The first-order valence-corrected chi connectivity index (χ1v) is 8.56. The molecule has 3 nitrogen and oxygen atoms in total. The van der Waals surface area contributed by atoms with E-state index in [1.165, 1.54) is 51.4 Å². The highest BCUT2D eigenvalue weighted by atomic mass is 16.2. The summed E-state index contributed by atoms with van der Waals surface area (Å²) >= 11 is 0. The molecule has 0 aliphatic heterocycles. The Kier molecular flexibility index (Phi) is 5.48. The predicted octanol–water partition coefficient (Wildman–Crippen LogP) is 3.32. The van der Waals surface area contributed by atoms with E-state index in [0.717, 1.165) is 18.8 Å². The van der Waals surface area contributed by atoms with Crippen LogP contribution in [0.15, 0.2) is 0 Å². The average Bonchev–Trinajstić information content (AvgIpc) is 2.73. The summed E-state index contributed by atoms with van der Waals surface area (Å²) in [6.45, 7) is 2.85. The average molecular weight is 280 g/mol. The number of carbonyl (C=O) groups excluding carboxylic acids is 1. The van der Waals surface area contributed by atoms with E-state index in [0.29, 0.717) is 18.5 Å².